The SMILES string of the molecule is CCN(CC)CCC(C)(O)c1ccc(Oc2ccccc2Cl)cc1. The predicted octanol–water partition coefficient (Wildman–Crippen LogP) is 5.07. The summed E-state index contributed by atoms with van der Waals surface area (Å²) in [6.45, 7) is 9.00. The monoisotopic (exact) mass is 347 g/mol. The second-order valence-corrected chi connectivity index (χ2v) is 6.51. The lowest BCUT2D eigenvalue weighted by atomic mass is 9.92. The summed E-state index contributed by atoms with van der Waals surface area (Å²) in [6.07, 6.45) is 0.694. The quantitative estimate of drug-likeness (QED) is 0.723. The van der Waals surface area contributed by atoms with Crippen LogP contribution >= 0.6 is 11.6 Å². The van der Waals surface area contributed by atoms with E-state index in [4.69, 9.17) is 16.3 Å². The van der Waals surface area contributed by atoms with Gasteiger partial charge in [-0.05, 0) is 56.3 Å². The summed E-state index contributed by atoms with van der Waals surface area (Å²) >= 11 is 6.11. The Labute approximate surface area is 149 Å². The van der Waals surface area contributed by atoms with Crippen LogP contribution in [0.25, 0.3) is 0 Å². The predicted molar refractivity (Wildman–Crippen MR) is 99.9 cm³/mol. The second kappa shape index (κ2) is 8.52. The molecular formula is C20H26ClNO2. The minimum Gasteiger partial charge on any atom is -0.456 e. The molecule has 0 saturated heterocycles. The third-order valence-corrected chi connectivity index (χ3v) is 4.66. The van der Waals surface area contributed by atoms with Crippen molar-refractivity contribution in [2.45, 2.75) is 32.8 Å². The van der Waals surface area contributed by atoms with Crippen molar-refractivity contribution in [1.29, 1.82) is 0 Å². The topological polar surface area (TPSA) is 32.7 Å². The number of hydrogen-bond acceptors (Lipinski definition) is 3. The Morgan fingerprint density at radius 3 is 2.25 bits per heavy atom. The molecule has 0 heterocycles. The van der Waals surface area contributed by atoms with Crippen molar-refractivity contribution in [2.24, 2.45) is 0 Å². The fraction of sp³-hybridized carbons (Fsp3) is 0.400. The fourth-order valence-electron chi connectivity index (χ4n) is 2.60. The van der Waals surface area contributed by atoms with Crippen LogP contribution in [0.3, 0.4) is 0 Å². The first-order valence-electron chi connectivity index (χ1n) is 8.44. The summed E-state index contributed by atoms with van der Waals surface area (Å²) in [5.74, 6) is 1.33. The Hall–Kier alpha value is -1.55. The Kier molecular flexibility index (Phi) is 6.67. The maximum absolute atomic E-state index is 10.8. The van der Waals surface area contributed by atoms with Gasteiger partial charge < -0.3 is 14.7 Å². The average molecular weight is 348 g/mol. The van der Waals surface area contributed by atoms with Gasteiger partial charge in [0.25, 0.3) is 0 Å². The molecule has 0 radical (unpaired) electrons. The van der Waals surface area contributed by atoms with E-state index in [1.54, 1.807) is 6.07 Å². The molecule has 1 N–H and O–H groups in total. The van der Waals surface area contributed by atoms with Crippen LogP contribution in [-0.2, 0) is 5.60 Å². The first kappa shape index (κ1) is 18.8. The number of ether oxygens (including phenoxy) is 1. The first-order valence-corrected chi connectivity index (χ1v) is 8.81. The maximum atomic E-state index is 10.8. The van der Waals surface area contributed by atoms with Crippen LogP contribution in [0, 0.1) is 0 Å². The van der Waals surface area contributed by atoms with E-state index < -0.39 is 5.60 Å². The van der Waals surface area contributed by atoms with E-state index in [0.717, 1.165) is 25.2 Å². The molecular weight excluding hydrogens is 322 g/mol. The number of hydrogen-bond donors (Lipinski definition) is 1. The molecule has 0 spiro atoms. The summed E-state index contributed by atoms with van der Waals surface area (Å²) in [5.41, 5.74) is 0.0343. The van der Waals surface area contributed by atoms with Gasteiger partial charge in [0, 0.05) is 6.54 Å². The van der Waals surface area contributed by atoms with E-state index >= 15 is 0 Å². The first-order chi connectivity index (χ1) is 11.5. The lowest BCUT2D eigenvalue weighted by Gasteiger charge is -2.27. The van der Waals surface area contributed by atoms with Crippen LogP contribution in [-0.4, -0.2) is 29.6 Å². The number of benzene rings is 2. The van der Waals surface area contributed by atoms with Crippen molar-refractivity contribution in [2.75, 3.05) is 19.6 Å². The van der Waals surface area contributed by atoms with E-state index in [0.29, 0.717) is 22.9 Å². The molecule has 0 aliphatic carbocycles. The van der Waals surface area contributed by atoms with Crippen LogP contribution in [0.4, 0.5) is 0 Å². The number of aliphatic hydroxyl groups is 1. The van der Waals surface area contributed by atoms with E-state index in [1.807, 2.05) is 49.4 Å². The summed E-state index contributed by atoms with van der Waals surface area (Å²) in [6, 6.07) is 14.9. The van der Waals surface area contributed by atoms with Crippen molar-refractivity contribution < 1.29 is 9.84 Å². The molecule has 1 unspecified atom stereocenters. The van der Waals surface area contributed by atoms with Gasteiger partial charge in [-0.1, -0.05) is 49.7 Å². The highest BCUT2D eigenvalue weighted by Crippen LogP contribution is 2.31. The summed E-state index contributed by atoms with van der Waals surface area (Å²) in [5, 5.41) is 11.3. The van der Waals surface area contributed by atoms with Crippen LogP contribution in [0.15, 0.2) is 48.5 Å². The van der Waals surface area contributed by atoms with Gasteiger partial charge in [-0.25, -0.2) is 0 Å². The number of halogens is 1. The Morgan fingerprint density at radius 2 is 1.67 bits per heavy atom. The molecule has 2 aromatic rings. The van der Waals surface area contributed by atoms with E-state index in [2.05, 4.69) is 18.7 Å². The standard InChI is InChI=1S/C20H26ClNO2/c1-4-22(5-2)15-14-20(3,23)16-10-12-17(13-11-16)24-19-9-7-6-8-18(19)21/h6-13,23H,4-5,14-15H2,1-3H3. The summed E-state index contributed by atoms with van der Waals surface area (Å²) in [4.78, 5) is 2.31. The number of nitrogens with zero attached hydrogens (tertiary/aromatic N) is 1. The van der Waals surface area contributed by atoms with Crippen LogP contribution < -0.4 is 4.74 Å². The molecule has 0 aliphatic rings. The third kappa shape index (κ3) is 4.97. The van der Waals surface area contributed by atoms with E-state index in [9.17, 15) is 5.11 Å². The molecule has 0 saturated carbocycles. The lowest BCUT2D eigenvalue weighted by molar-refractivity contribution is 0.0369. The van der Waals surface area contributed by atoms with Gasteiger partial charge in [0.2, 0.25) is 0 Å². The molecule has 4 heteroatoms. The minimum absolute atomic E-state index is 0.577. The molecule has 0 aliphatic heterocycles. The van der Waals surface area contributed by atoms with Gasteiger partial charge >= 0.3 is 0 Å². The van der Waals surface area contributed by atoms with Gasteiger partial charge in [-0.3, -0.25) is 0 Å². The molecule has 2 rings (SSSR count). The largest absolute Gasteiger partial charge is 0.456 e. The summed E-state index contributed by atoms with van der Waals surface area (Å²) < 4.78 is 5.79. The van der Waals surface area contributed by atoms with Crippen LogP contribution in [0.5, 0.6) is 11.5 Å². The molecule has 1 atom stereocenters. The number of rotatable bonds is 8. The maximum Gasteiger partial charge on any atom is 0.146 e. The Balaban J connectivity index is 2.04. The van der Waals surface area contributed by atoms with Crippen LogP contribution in [0.2, 0.25) is 5.02 Å². The van der Waals surface area contributed by atoms with Gasteiger partial charge in [0.05, 0.1) is 10.6 Å². The zero-order valence-electron chi connectivity index (χ0n) is 14.6. The van der Waals surface area contributed by atoms with Crippen molar-refractivity contribution in [3.05, 3.63) is 59.1 Å². The molecule has 3 nitrogen and oxygen atoms in total. The Morgan fingerprint density at radius 1 is 1.04 bits per heavy atom. The zero-order chi connectivity index (χ0) is 17.6. The summed E-state index contributed by atoms with van der Waals surface area (Å²) in [7, 11) is 0. The van der Waals surface area contributed by atoms with Gasteiger partial charge in [0.15, 0.2) is 0 Å². The second-order valence-electron chi connectivity index (χ2n) is 6.11. The fourth-order valence-corrected chi connectivity index (χ4v) is 2.77. The van der Waals surface area contributed by atoms with Gasteiger partial charge in [-0.2, -0.15) is 0 Å². The molecule has 0 bridgehead atoms. The van der Waals surface area contributed by atoms with Crippen molar-refractivity contribution in [3.8, 4) is 11.5 Å². The molecule has 0 fully saturated rings. The molecule has 0 amide bonds. The van der Waals surface area contributed by atoms with E-state index in [1.165, 1.54) is 0 Å². The molecule has 130 valence electrons. The lowest BCUT2D eigenvalue weighted by Crippen LogP contribution is -2.31. The third-order valence-electron chi connectivity index (χ3n) is 4.35. The van der Waals surface area contributed by atoms with Crippen molar-refractivity contribution in [1.82, 2.24) is 4.90 Å². The van der Waals surface area contributed by atoms with E-state index in [-0.39, 0.29) is 0 Å². The van der Waals surface area contributed by atoms with Gasteiger partial charge in [-0.15, -0.1) is 0 Å². The highest BCUT2D eigenvalue weighted by Gasteiger charge is 2.23. The number of para-hydroxylation sites is 1. The normalized spacial score (nSPS) is 13.8. The molecule has 24 heavy (non-hydrogen) atoms. The Bertz CT molecular complexity index is 636. The van der Waals surface area contributed by atoms with Crippen LogP contribution in [0.1, 0.15) is 32.8 Å². The van der Waals surface area contributed by atoms with Crippen molar-refractivity contribution in [3.63, 3.8) is 0 Å². The van der Waals surface area contributed by atoms with Crippen molar-refractivity contribution >= 4 is 11.6 Å². The zero-order valence-corrected chi connectivity index (χ0v) is 15.4. The molecule has 2 aromatic carbocycles. The smallest absolute Gasteiger partial charge is 0.146 e. The average Bonchev–Trinajstić information content (AvgIpc) is 2.58. The molecule has 0 aromatic heterocycles. The minimum atomic E-state index is -0.856. The highest BCUT2D eigenvalue weighted by molar-refractivity contribution is 6.32. The highest BCUT2D eigenvalue weighted by atomic mass is 35.5. The van der Waals surface area contributed by atoms with Gasteiger partial charge in [0.1, 0.15) is 11.5 Å².